The van der Waals surface area contributed by atoms with E-state index in [-0.39, 0.29) is 5.89 Å². The van der Waals surface area contributed by atoms with Gasteiger partial charge in [0.2, 0.25) is 11.8 Å². The second-order valence-corrected chi connectivity index (χ2v) is 6.51. The number of aryl methyl sites for hydroxylation is 1. The zero-order valence-corrected chi connectivity index (χ0v) is 15.2. The first kappa shape index (κ1) is 18.0. The summed E-state index contributed by atoms with van der Waals surface area (Å²) < 4.78 is 5.76. The van der Waals surface area contributed by atoms with E-state index in [4.69, 9.17) is 9.68 Å². The van der Waals surface area contributed by atoms with Crippen LogP contribution in [0.3, 0.4) is 0 Å². The van der Waals surface area contributed by atoms with Crippen LogP contribution in [0, 0.1) is 18.3 Å². The zero-order valence-electron chi connectivity index (χ0n) is 14.3. The van der Waals surface area contributed by atoms with E-state index in [1.165, 1.54) is 0 Å². The Morgan fingerprint density at radius 1 is 1.19 bits per heavy atom. The lowest BCUT2D eigenvalue weighted by molar-refractivity contribution is 0.160. The van der Waals surface area contributed by atoms with Crippen LogP contribution in [0.5, 0.6) is 0 Å². The van der Waals surface area contributed by atoms with Crippen LogP contribution in [0.1, 0.15) is 30.0 Å². The van der Waals surface area contributed by atoms with Gasteiger partial charge in [-0.05, 0) is 61.9 Å². The van der Waals surface area contributed by atoms with Gasteiger partial charge in [0.25, 0.3) is 0 Å². The topological polar surface area (TPSA) is 95.0 Å². The molecule has 132 valence electrons. The third kappa shape index (κ3) is 3.87. The average molecular weight is 366 g/mol. The van der Waals surface area contributed by atoms with Gasteiger partial charge in [-0.15, -0.1) is 22.8 Å². The molecule has 6 nitrogen and oxygen atoms in total. The van der Waals surface area contributed by atoms with Crippen LogP contribution < -0.4 is 5.32 Å². The highest BCUT2D eigenvalue weighted by Crippen LogP contribution is 2.27. The fraction of sp³-hybridized carbons (Fsp3) is 0.211. The van der Waals surface area contributed by atoms with Crippen LogP contribution in [0.25, 0.3) is 11.5 Å². The molecule has 0 aliphatic heterocycles. The molecule has 1 aromatic heterocycles. The number of rotatable bonds is 5. The van der Waals surface area contributed by atoms with Crippen LogP contribution >= 0.6 is 12.6 Å². The van der Waals surface area contributed by atoms with Gasteiger partial charge in [-0.2, -0.15) is 5.26 Å². The van der Waals surface area contributed by atoms with Gasteiger partial charge in [-0.1, -0.05) is 0 Å². The van der Waals surface area contributed by atoms with E-state index >= 15 is 0 Å². The number of nitrogens with one attached hydrogen (secondary N) is 1. The number of thiol groups is 1. The molecule has 2 N–H and O–H groups in total. The first-order valence-corrected chi connectivity index (χ1v) is 8.51. The molecular formula is C19H18N4O2S. The van der Waals surface area contributed by atoms with Crippen LogP contribution in [0.2, 0.25) is 0 Å². The van der Waals surface area contributed by atoms with E-state index in [2.05, 4.69) is 34.2 Å². The number of aliphatic hydroxyl groups is 1. The summed E-state index contributed by atoms with van der Waals surface area (Å²) >= 11 is 4.26. The minimum absolute atomic E-state index is 0.284. The van der Waals surface area contributed by atoms with E-state index in [1.807, 2.05) is 37.3 Å². The first-order valence-electron chi connectivity index (χ1n) is 8.06. The summed E-state index contributed by atoms with van der Waals surface area (Å²) in [7, 11) is 0. The SMILES string of the molecule is Cc1cc(NC(c2nnc(-c3ccc(S)cc3)o2)[C@@H](C)O)ccc1C#N. The van der Waals surface area contributed by atoms with Gasteiger partial charge < -0.3 is 14.8 Å². The molecule has 2 atom stereocenters. The molecule has 26 heavy (non-hydrogen) atoms. The largest absolute Gasteiger partial charge is 0.418 e. The lowest BCUT2D eigenvalue weighted by Crippen LogP contribution is -2.23. The lowest BCUT2D eigenvalue weighted by Gasteiger charge is -2.19. The minimum Gasteiger partial charge on any atom is -0.418 e. The van der Waals surface area contributed by atoms with Crippen LogP contribution in [-0.4, -0.2) is 21.4 Å². The smallest absolute Gasteiger partial charge is 0.247 e. The Balaban J connectivity index is 1.86. The summed E-state index contributed by atoms with van der Waals surface area (Å²) in [5.74, 6) is 0.656. The van der Waals surface area contributed by atoms with Crippen molar-refractivity contribution in [3.63, 3.8) is 0 Å². The Morgan fingerprint density at radius 3 is 2.54 bits per heavy atom. The van der Waals surface area contributed by atoms with Crippen molar-refractivity contribution in [2.45, 2.75) is 30.9 Å². The van der Waals surface area contributed by atoms with Crippen molar-refractivity contribution in [2.24, 2.45) is 0 Å². The summed E-state index contributed by atoms with van der Waals surface area (Å²) in [6, 6.07) is 14.3. The highest BCUT2D eigenvalue weighted by molar-refractivity contribution is 7.80. The molecule has 1 heterocycles. The summed E-state index contributed by atoms with van der Waals surface area (Å²) in [6.45, 7) is 3.50. The quantitative estimate of drug-likeness (QED) is 0.596. The Morgan fingerprint density at radius 2 is 1.92 bits per heavy atom. The van der Waals surface area contributed by atoms with Crippen molar-refractivity contribution in [1.82, 2.24) is 10.2 Å². The summed E-state index contributed by atoms with van der Waals surface area (Å²) in [5.41, 5.74) is 2.99. The molecule has 0 fully saturated rings. The standard InChI is InChI=1S/C19H18N4O2S/c1-11-9-15(6-3-14(11)10-20)21-17(12(2)24)19-23-22-18(25-19)13-4-7-16(26)8-5-13/h3-9,12,17,21,24,26H,1-2H3/t12-,17?/m1/s1. The first-order chi connectivity index (χ1) is 12.5. The number of aromatic nitrogens is 2. The fourth-order valence-corrected chi connectivity index (χ4v) is 2.68. The number of nitrogens with zero attached hydrogens (tertiary/aromatic N) is 3. The molecule has 2 aromatic carbocycles. The predicted molar refractivity (Wildman–Crippen MR) is 101 cm³/mol. The maximum absolute atomic E-state index is 10.2. The highest BCUT2D eigenvalue weighted by atomic mass is 32.1. The summed E-state index contributed by atoms with van der Waals surface area (Å²) in [5, 5.41) is 30.5. The molecule has 0 aliphatic rings. The van der Waals surface area contributed by atoms with Crippen LogP contribution in [-0.2, 0) is 0 Å². The summed E-state index contributed by atoms with van der Waals surface area (Å²) in [4.78, 5) is 0.841. The van der Waals surface area contributed by atoms with Crippen molar-refractivity contribution in [3.05, 3.63) is 59.5 Å². The monoisotopic (exact) mass is 366 g/mol. The maximum atomic E-state index is 10.2. The molecule has 0 spiro atoms. The Bertz CT molecular complexity index is 945. The molecule has 1 unspecified atom stereocenters. The number of hydrogen-bond acceptors (Lipinski definition) is 7. The normalized spacial score (nSPS) is 13.0. The number of aliphatic hydroxyl groups excluding tert-OH is 1. The molecule has 0 amide bonds. The third-order valence-corrected chi connectivity index (χ3v) is 4.27. The van der Waals surface area contributed by atoms with Crippen LogP contribution in [0.15, 0.2) is 51.8 Å². The molecule has 3 rings (SSSR count). The Hall–Kier alpha value is -2.82. The van der Waals surface area contributed by atoms with Gasteiger partial charge >= 0.3 is 0 Å². The van der Waals surface area contributed by atoms with Crippen molar-refractivity contribution in [2.75, 3.05) is 5.32 Å². The number of nitriles is 1. The van der Waals surface area contributed by atoms with Crippen molar-refractivity contribution >= 4 is 18.3 Å². The van der Waals surface area contributed by atoms with Crippen molar-refractivity contribution in [1.29, 1.82) is 5.26 Å². The van der Waals surface area contributed by atoms with Gasteiger partial charge in [0.05, 0.1) is 17.7 Å². The van der Waals surface area contributed by atoms with Crippen LogP contribution in [0.4, 0.5) is 5.69 Å². The van der Waals surface area contributed by atoms with Gasteiger partial charge in [0, 0.05) is 16.1 Å². The molecule has 0 saturated carbocycles. The molecule has 0 radical (unpaired) electrons. The fourth-order valence-electron chi connectivity index (χ4n) is 2.53. The molecule has 0 bridgehead atoms. The third-order valence-electron chi connectivity index (χ3n) is 3.97. The second kappa shape index (κ2) is 7.60. The van der Waals surface area contributed by atoms with Crippen molar-refractivity contribution < 1.29 is 9.52 Å². The van der Waals surface area contributed by atoms with E-state index in [0.29, 0.717) is 11.5 Å². The number of anilines is 1. The Labute approximate surface area is 156 Å². The molecule has 7 heteroatoms. The molecule has 0 saturated heterocycles. The highest BCUT2D eigenvalue weighted by Gasteiger charge is 2.24. The Kier molecular flexibility index (Phi) is 5.26. The van der Waals surface area contributed by atoms with E-state index in [9.17, 15) is 5.11 Å². The van der Waals surface area contributed by atoms with Gasteiger partial charge in [-0.25, -0.2) is 0 Å². The van der Waals surface area contributed by atoms with Gasteiger partial charge in [0.1, 0.15) is 6.04 Å². The maximum Gasteiger partial charge on any atom is 0.247 e. The number of hydrogen-bond donors (Lipinski definition) is 3. The number of benzene rings is 2. The van der Waals surface area contributed by atoms with Gasteiger partial charge in [0.15, 0.2) is 0 Å². The lowest BCUT2D eigenvalue weighted by atomic mass is 10.1. The van der Waals surface area contributed by atoms with Gasteiger partial charge in [-0.3, -0.25) is 0 Å². The predicted octanol–water partition coefficient (Wildman–Crippen LogP) is 3.74. The van der Waals surface area contributed by atoms with E-state index in [0.717, 1.165) is 21.7 Å². The molecule has 0 aliphatic carbocycles. The average Bonchev–Trinajstić information content (AvgIpc) is 3.10. The summed E-state index contributed by atoms with van der Waals surface area (Å²) in [6.07, 6.45) is -0.765. The van der Waals surface area contributed by atoms with E-state index < -0.39 is 12.1 Å². The van der Waals surface area contributed by atoms with Crippen molar-refractivity contribution in [3.8, 4) is 17.5 Å². The second-order valence-electron chi connectivity index (χ2n) is 6.00. The molecule has 3 aromatic rings. The minimum atomic E-state index is -0.765. The molecular weight excluding hydrogens is 348 g/mol. The zero-order chi connectivity index (χ0) is 18.7. The van der Waals surface area contributed by atoms with E-state index in [1.54, 1.807) is 19.1 Å².